The van der Waals surface area contributed by atoms with E-state index in [1.54, 1.807) is 12.1 Å². The van der Waals surface area contributed by atoms with Crippen molar-refractivity contribution in [2.75, 3.05) is 18.8 Å². The van der Waals surface area contributed by atoms with Gasteiger partial charge in [0.15, 0.2) is 9.84 Å². The molecule has 131 valence electrons. The first-order valence-corrected chi connectivity index (χ1v) is 9.21. The number of rotatable bonds is 7. The van der Waals surface area contributed by atoms with E-state index in [9.17, 15) is 23.1 Å². The van der Waals surface area contributed by atoms with Gasteiger partial charge >= 0.3 is 0 Å². The Bertz CT molecular complexity index is 720. The van der Waals surface area contributed by atoms with Crippen molar-refractivity contribution in [3.8, 4) is 0 Å². The van der Waals surface area contributed by atoms with Gasteiger partial charge < -0.3 is 21.5 Å². The fraction of sp³-hybridized carbons (Fsp3) is 0.400. The Hall–Kier alpha value is -1.97. The lowest BCUT2D eigenvalue weighted by atomic mass is 10.1. The minimum absolute atomic E-state index is 0.144. The zero-order valence-corrected chi connectivity index (χ0v) is 13.8. The van der Waals surface area contributed by atoms with Gasteiger partial charge in [-0.25, -0.2) is 8.42 Å². The second-order valence-corrected chi connectivity index (χ2v) is 7.73. The Morgan fingerprint density at radius 3 is 2.67 bits per heavy atom. The van der Waals surface area contributed by atoms with Crippen LogP contribution in [0.2, 0.25) is 0 Å². The van der Waals surface area contributed by atoms with Crippen LogP contribution in [-0.4, -0.2) is 56.3 Å². The van der Waals surface area contributed by atoms with Gasteiger partial charge in [0.05, 0.1) is 30.1 Å². The zero-order chi connectivity index (χ0) is 17.7. The Balaban J connectivity index is 1.92. The number of carbonyl (C=O) groups excluding carboxylic acids is 2. The summed E-state index contributed by atoms with van der Waals surface area (Å²) in [7, 11) is -3.64. The lowest BCUT2D eigenvalue weighted by Crippen LogP contribution is -2.43. The third-order valence-electron chi connectivity index (χ3n) is 3.69. The Morgan fingerprint density at radius 2 is 2.04 bits per heavy atom. The lowest BCUT2D eigenvalue weighted by molar-refractivity contribution is -0.118. The van der Waals surface area contributed by atoms with Crippen molar-refractivity contribution in [2.24, 2.45) is 5.73 Å². The summed E-state index contributed by atoms with van der Waals surface area (Å²) in [5.41, 5.74) is 5.67. The summed E-state index contributed by atoms with van der Waals surface area (Å²) >= 11 is 0. The van der Waals surface area contributed by atoms with Crippen molar-refractivity contribution in [2.45, 2.75) is 17.9 Å². The highest BCUT2D eigenvalue weighted by atomic mass is 32.2. The van der Waals surface area contributed by atoms with Crippen LogP contribution in [0.1, 0.15) is 15.9 Å². The second-order valence-electron chi connectivity index (χ2n) is 5.62. The van der Waals surface area contributed by atoms with E-state index in [1.807, 2.05) is 0 Å². The van der Waals surface area contributed by atoms with E-state index in [0.717, 1.165) is 6.42 Å². The normalized spacial score (nSPS) is 20.7. The summed E-state index contributed by atoms with van der Waals surface area (Å²) in [5, 5.41) is 15.0. The van der Waals surface area contributed by atoms with Crippen molar-refractivity contribution in [3.63, 3.8) is 0 Å². The number of nitrogens with one attached hydrogen (secondary N) is 2. The van der Waals surface area contributed by atoms with E-state index < -0.39 is 39.6 Å². The van der Waals surface area contributed by atoms with Crippen LogP contribution >= 0.6 is 0 Å². The summed E-state index contributed by atoms with van der Waals surface area (Å²) in [4.78, 5) is 23.1. The van der Waals surface area contributed by atoms with Crippen LogP contribution in [0.3, 0.4) is 0 Å². The number of nitrogens with two attached hydrogens (primary N) is 1. The maximum absolute atomic E-state index is 12.2. The number of β-amino-alcohol motifs (C(OH)–C–C–N with tert-alkyl or cyclic N) is 1. The van der Waals surface area contributed by atoms with E-state index in [4.69, 9.17) is 5.73 Å². The molecule has 2 unspecified atom stereocenters. The number of hydrogen-bond acceptors (Lipinski definition) is 6. The summed E-state index contributed by atoms with van der Waals surface area (Å²) in [6, 6.07) is 5.74. The Morgan fingerprint density at radius 1 is 1.33 bits per heavy atom. The van der Waals surface area contributed by atoms with Crippen LogP contribution < -0.4 is 16.4 Å². The summed E-state index contributed by atoms with van der Waals surface area (Å²) in [5.74, 6) is -2.12. The largest absolute Gasteiger partial charge is 0.390 e. The quantitative estimate of drug-likeness (QED) is 0.463. The molecule has 9 heteroatoms. The van der Waals surface area contributed by atoms with E-state index >= 15 is 0 Å². The number of amides is 2. The molecule has 2 rings (SSSR count). The SMILES string of the molecule is NC(=O)c1ccccc1CS(=O)(=O)C[CH]C(=O)NC1CNCC1O. The highest BCUT2D eigenvalue weighted by Crippen LogP contribution is 2.13. The highest BCUT2D eigenvalue weighted by molar-refractivity contribution is 7.90. The molecule has 1 saturated heterocycles. The molecule has 2 amide bonds. The van der Waals surface area contributed by atoms with Crippen molar-refractivity contribution in [1.29, 1.82) is 0 Å². The Kier molecular flexibility index (Phi) is 5.92. The number of sulfone groups is 1. The van der Waals surface area contributed by atoms with Gasteiger partial charge in [0.1, 0.15) is 0 Å². The summed E-state index contributed by atoms with van der Waals surface area (Å²) in [6.07, 6.45) is 0.328. The molecule has 0 aliphatic carbocycles. The molecule has 0 spiro atoms. The van der Waals surface area contributed by atoms with Crippen molar-refractivity contribution in [3.05, 3.63) is 41.8 Å². The molecule has 1 aromatic carbocycles. The van der Waals surface area contributed by atoms with Crippen LogP contribution in [-0.2, 0) is 20.4 Å². The number of carbonyl (C=O) groups is 2. The minimum atomic E-state index is -3.64. The third-order valence-corrected chi connectivity index (χ3v) is 5.12. The van der Waals surface area contributed by atoms with Crippen molar-refractivity contribution >= 4 is 21.7 Å². The molecule has 1 aliphatic heterocycles. The molecule has 0 bridgehead atoms. The van der Waals surface area contributed by atoms with Crippen LogP contribution in [0, 0.1) is 6.42 Å². The average molecular weight is 354 g/mol. The molecule has 0 aromatic heterocycles. The van der Waals surface area contributed by atoms with E-state index in [1.165, 1.54) is 12.1 Å². The van der Waals surface area contributed by atoms with Crippen LogP contribution in [0.25, 0.3) is 0 Å². The molecular formula is C15H20N3O5S. The van der Waals surface area contributed by atoms with Gasteiger partial charge in [0.2, 0.25) is 11.8 Å². The molecule has 1 fully saturated rings. The first-order chi connectivity index (χ1) is 11.3. The second kappa shape index (κ2) is 7.73. The van der Waals surface area contributed by atoms with Crippen LogP contribution in [0.15, 0.2) is 24.3 Å². The fourth-order valence-electron chi connectivity index (χ4n) is 2.44. The van der Waals surface area contributed by atoms with Gasteiger partial charge in [-0.2, -0.15) is 0 Å². The molecule has 5 N–H and O–H groups in total. The molecule has 1 aromatic rings. The van der Waals surface area contributed by atoms with E-state index in [0.29, 0.717) is 18.7 Å². The highest BCUT2D eigenvalue weighted by Gasteiger charge is 2.27. The molecule has 0 saturated carbocycles. The Labute approximate surface area is 140 Å². The fourth-order valence-corrected chi connectivity index (χ4v) is 3.69. The van der Waals surface area contributed by atoms with Gasteiger partial charge in [0.25, 0.3) is 0 Å². The van der Waals surface area contributed by atoms with Gasteiger partial charge in [-0.05, 0) is 11.6 Å². The molecule has 1 aliphatic rings. The van der Waals surface area contributed by atoms with Gasteiger partial charge in [-0.1, -0.05) is 18.2 Å². The number of aliphatic hydroxyl groups is 1. The molecule has 2 atom stereocenters. The maximum atomic E-state index is 12.2. The van der Waals surface area contributed by atoms with Gasteiger partial charge in [-0.3, -0.25) is 9.59 Å². The van der Waals surface area contributed by atoms with Crippen LogP contribution in [0.5, 0.6) is 0 Å². The predicted octanol–water partition coefficient (Wildman–Crippen LogP) is -1.65. The number of hydrogen-bond donors (Lipinski definition) is 4. The van der Waals surface area contributed by atoms with Crippen molar-refractivity contribution < 1.29 is 23.1 Å². The molecule has 1 radical (unpaired) electrons. The lowest BCUT2D eigenvalue weighted by Gasteiger charge is -2.15. The third kappa shape index (κ3) is 5.02. The molecule has 24 heavy (non-hydrogen) atoms. The number of primary amides is 1. The molecule has 8 nitrogen and oxygen atoms in total. The average Bonchev–Trinajstić information content (AvgIpc) is 2.90. The van der Waals surface area contributed by atoms with Crippen LogP contribution in [0.4, 0.5) is 0 Å². The predicted molar refractivity (Wildman–Crippen MR) is 87.6 cm³/mol. The van der Waals surface area contributed by atoms with Gasteiger partial charge in [0, 0.05) is 18.7 Å². The van der Waals surface area contributed by atoms with Gasteiger partial charge in [-0.15, -0.1) is 0 Å². The van der Waals surface area contributed by atoms with E-state index in [2.05, 4.69) is 10.6 Å². The summed E-state index contributed by atoms with van der Waals surface area (Å²) in [6.45, 7) is 0.812. The number of aliphatic hydroxyl groups excluding tert-OH is 1. The first kappa shape index (κ1) is 18.4. The first-order valence-electron chi connectivity index (χ1n) is 7.39. The van der Waals surface area contributed by atoms with E-state index in [-0.39, 0.29) is 11.3 Å². The minimum Gasteiger partial charge on any atom is -0.390 e. The standard InChI is InChI=1S/C15H20N3O5S/c16-15(21)11-4-2-1-3-10(11)9-24(22,23)6-5-14(20)18-12-7-17-8-13(12)19/h1-5,12-13,17,19H,6-9H2,(H2,16,21)(H,18,20). The molecular weight excluding hydrogens is 334 g/mol. The maximum Gasteiger partial charge on any atom is 0.249 e. The van der Waals surface area contributed by atoms with Crippen molar-refractivity contribution in [1.82, 2.24) is 10.6 Å². The molecule has 1 heterocycles. The monoisotopic (exact) mass is 354 g/mol. The zero-order valence-electron chi connectivity index (χ0n) is 12.9. The smallest absolute Gasteiger partial charge is 0.249 e. The summed E-state index contributed by atoms with van der Waals surface area (Å²) < 4.78 is 24.3. The number of benzene rings is 1. The topological polar surface area (TPSA) is 139 Å².